The third-order valence-electron chi connectivity index (χ3n) is 7.02. The van der Waals surface area contributed by atoms with E-state index >= 15 is 0 Å². The van der Waals surface area contributed by atoms with Crippen LogP contribution in [-0.4, -0.2) is 92.6 Å². The summed E-state index contributed by atoms with van der Waals surface area (Å²) in [4.78, 5) is 16.4. The lowest BCUT2D eigenvalue weighted by molar-refractivity contribution is -0.135. The van der Waals surface area contributed by atoms with Crippen LogP contribution < -0.4 is 5.32 Å². The fourth-order valence-corrected chi connectivity index (χ4v) is 5.93. The van der Waals surface area contributed by atoms with E-state index in [-0.39, 0.29) is 11.4 Å². The average Bonchev–Trinajstić information content (AvgIpc) is 3.43. The molecule has 7 nitrogen and oxygen atoms in total. The molecule has 0 spiro atoms. The van der Waals surface area contributed by atoms with Gasteiger partial charge in [-0.15, -0.1) is 0 Å². The van der Waals surface area contributed by atoms with Gasteiger partial charge < -0.3 is 10.2 Å². The van der Waals surface area contributed by atoms with Crippen LogP contribution in [0.3, 0.4) is 0 Å². The van der Waals surface area contributed by atoms with Gasteiger partial charge in [0.25, 0.3) is 0 Å². The van der Waals surface area contributed by atoms with Gasteiger partial charge >= 0.3 is 0 Å². The molecule has 2 saturated heterocycles. The molecule has 3 aliphatic rings. The van der Waals surface area contributed by atoms with Crippen molar-refractivity contribution in [2.24, 2.45) is 0 Å². The zero-order valence-electron chi connectivity index (χ0n) is 18.3. The fraction of sp³-hybridized carbons (Fsp3) is 0.682. The maximum atomic E-state index is 12.5. The summed E-state index contributed by atoms with van der Waals surface area (Å²) in [6.45, 7) is 2.64. The second-order valence-electron chi connectivity index (χ2n) is 9.51. The zero-order valence-corrected chi connectivity index (χ0v) is 19.1. The molecule has 2 heterocycles. The molecule has 4 rings (SSSR count). The van der Waals surface area contributed by atoms with Gasteiger partial charge in [-0.05, 0) is 24.8 Å². The van der Waals surface area contributed by atoms with Crippen LogP contribution in [0.5, 0.6) is 0 Å². The molecular formula is C22H34N4O3S. The summed E-state index contributed by atoms with van der Waals surface area (Å²) in [6.07, 6.45) is 4.90. The second-order valence-corrected chi connectivity index (χ2v) is 11.5. The summed E-state index contributed by atoms with van der Waals surface area (Å²) in [6, 6.07) is 11.8. The van der Waals surface area contributed by atoms with Crippen LogP contribution >= 0.6 is 0 Å². The predicted molar refractivity (Wildman–Crippen MR) is 118 cm³/mol. The first-order valence-electron chi connectivity index (χ1n) is 10.9. The lowest BCUT2D eigenvalue weighted by atomic mass is 9.83. The number of nitrogens with zero attached hydrogens (tertiary/aromatic N) is 3. The molecule has 166 valence electrons. The normalized spacial score (nSPS) is 27.4. The Morgan fingerprint density at radius 2 is 1.80 bits per heavy atom. The predicted octanol–water partition coefficient (Wildman–Crippen LogP) is 1.09. The van der Waals surface area contributed by atoms with Crippen molar-refractivity contribution in [1.82, 2.24) is 19.4 Å². The van der Waals surface area contributed by atoms with Gasteiger partial charge in [-0.25, -0.2) is 8.42 Å². The Hall–Kier alpha value is -1.48. The molecule has 30 heavy (non-hydrogen) atoms. The lowest BCUT2D eigenvalue weighted by Gasteiger charge is -2.56. The Kier molecular flexibility index (Phi) is 5.96. The van der Waals surface area contributed by atoms with E-state index in [4.69, 9.17) is 0 Å². The Morgan fingerprint density at radius 3 is 2.37 bits per heavy atom. The number of likely N-dealkylation sites (tertiary alicyclic amines) is 1. The number of carbonyl (C=O) groups is 1. The third kappa shape index (κ3) is 4.56. The van der Waals surface area contributed by atoms with Crippen molar-refractivity contribution in [3.05, 3.63) is 35.9 Å². The molecule has 0 aromatic heterocycles. The fourth-order valence-electron chi connectivity index (χ4n) is 4.98. The van der Waals surface area contributed by atoms with E-state index in [9.17, 15) is 13.2 Å². The Bertz CT molecular complexity index is 860. The quantitative estimate of drug-likeness (QED) is 0.696. The Morgan fingerprint density at radius 1 is 1.17 bits per heavy atom. The highest BCUT2D eigenvalue weighted by molar-refractivity contribution is 7.88. The van der Waals surface area contributed by atoms with E-state index in [2.05, 4.69) is 40.5 Å². The molecule has 0 bridgehead atoms. The number of sulfonamides is 1. The summed E-state index contributed by atoms with van der Waals surface area (Å²) in [7, 11) is 0.310. The van der Waals surface area contributed by atoms with Gasteiger partial charge in [0.1, 0.15) is 0 Å². The number of rotatable bonds is 7. The highest BCUT2D eigenvalue weighted by Gasteiger charge is 2.52. The molecule has 1 aliphatic carbocycles. The summed E-state index contributed by atoms with van der Waals surface area (Å²) in [5, 5.41) is 3.83. The minimum absolute atomic E-state index is 0.0621. The van der Waals surface area contributed by atoms with Gasteiger partial charge in [-0.2, -0.15) is 4.31 Å². The number of carbonyl (C=O) groups excluding carboxylic acids is 1. The Labute approximate surface area is 180 Å². The van der Waals surface area contributed by atoms with E-state index in [1.165, 1.54) is 22.5 Å². The molecule has 8 heteroatoms. The van der Waals surface area contributed by atoms with Crippen LogP contribution in [-0.2, 0) is 14.8 Å². The van der Waals surface area contributed by atoms with Crippen molar-refractivity contribution in [3.8, 4) is 0 Å². The van der Waals surface area contributed by atoms with Crippen LogP contribution in [0, 0.1) is 0 Å². The Balaban J connectivity index is 1.32. The van der Waals surface area contributed by atoms with Crippen LogP contribution in [0.1, 0.15) is 37.2 Å². The lowest BCUT2D eigenvalue weighted by Crippen LogP contribution is -2.73. The van der Waals surface area contributed by atoms with Crippen LogP contribution in [0.25, 0.3) is 0 Å². The minimum atomic E-state index is -3.21. The van der Waals surface area contributed by atoms with Crippen molar-refractivity contribution in [2.45, 2.75) is 49.2 Å². The molecular weight excluding hydrogens is 400 g/mol. The van der Waals surface area contributed by atoms with Gasteiger partial charge in [0, 0.05) is 64.7 Å². The van der Waals surface area contributed by atoms with Gasteiger partial charge in [0.2, 0.25) is 15.9 Å². The van der Waals surface area contributed by atoms with Gasteiger partial charge in [-0.3, -0.25) is 9.69 Å². The standard InChI is InChI=1S/C22H34N4O3S/c1-24(2)21(27)14-22(15-26(16-22)30(3,28)29)25-11-9-18(10-12-25)23-20-13-19(20)17-7-5-4-6-8-17/h4-8,18-20,23H,9-16H2,1-3H3/t19?,20-/m1/s1. The molecule has 2 atom stereocenters. The molecule has 2 aliphatic heterocycles. The first-order chi connectivity index (χ1) is 14.2. The highest BCUT2D eigenvalue weighted by Crippen LogP contribution is 2.42. The van der Waals surface area contributed by atoms with E-state index < -0.39 is 10.0 Å². The molecule has 0 radical (unpaired) electrons. The molecule has 1 N–H and O–H groups in total. The highest BCUT2D eigenvalue weighted by atomic mass is 32.2. The maximum absolute atomic E-state index is 12.5. The largest absolute Gasteiger partial charge is 0.349 e. The molecule has 1 saturated carbocycles. The van der Waals surface area contributed by atoms with Gasteiger partial charge in [0.05, 0.1) is 11.8 Å². The minimum Gasteiger partial charge on any atom is -0.349 e. The molecule has 3 fully saturated rings. The van der Waals surface area contributed by atoms with Crippen molar-refractivity contribution in [1.29, 1.82) is 0 Å². The number of piperidine rings is 1. The number of hydrogen-bond donors (Lipinski definition) is 1. The van der Waals surface area contributed by atoms with Crippen LogP contribution in [0.15, 0.2) is 30.3 Å². The average molecular weight is 435 g/mol. The van der Waals surface area contributed by atoms with Crippen LogP contribution in [0.4, 0.5) is 0 Å². The first kappa shape index (κ1) is 21.7. The molecule has 1 amide bonds. The zero-order chi connectivity index (χ0) is 21.5. The maximum Gasteiger partial charge on any atom is 0.224 e. The first-order valence-corrected chi connectivity index (χ1v) is 12.7. The summed E-state index contributed by atoms with van der Waals surface area (Å²) in [5.74, 6) is 0.690. The monoisotopic (exact) mass is 434 g/mol. The molecule has 1 aromatic rings. The van der Waals surface area contributed by atoms with Crippen LogP contribution in [0.2, 0.25) is 0 Å². The SMILES string of the molecule is CN(C)C(=O)CC1(N2CCC(N[C@@H]3CC3c3ccccc3)CC2)CN(S(C)(=O)=O)C1. The number of amides is 1. The second kappa shape index (κ2) is 8.22. The van der Waals surface area contributed by atoms with E-state index in [0.29, 0.717) is 37.5 Å². The third-order valence-corrected chi connectivity index (χ3v) is 8.22. The number of nitrogens with one attached hydrogen (secondary N) is 1. The van der Waals surface area contributed by atoms with E-state index in [1.54, 1.807) is 19.0 Å². The van der Waals surface area contributed by atoms with Gasteiger partial charge in [-0.1, -0.05) is 30.3 Å². The van der Waals surface area contributed by atoms with Gasteiger partial charge in [0.15, 0.2) is 0 Å². The summed E-state index contributed by atoms with van der Waals surface area (Å²) in [5.41, 5.74) is 1.06. The molecule has 1 unspecified atom stereocenters. The number of benzene rings is 1. The van der Waals surface area contributed by atoms with Crippen molar-refractivity contribution >= 4 is 15.9 Å². The number of hydrogen-bond acceptors (Lipinski definition) is 5. The topological polar surface area (TPSA) is 73.0 Å². The van der Waals surface area contributed by atoms with E-state index in [0.717, 1.165) is 25.9 Å². The molecule has 1 aromatic carbocycles. The van der Waals surface area contributed by atoms with Crippen molar-refractivity contribution in [2.75, 3.05) is 46.5 Å². The van der Waals surface area contributed by atoms with Crippen molar-refractivity contribution in [3.63, 3.8) is 0 Å². The van der Waals surface area contributed by atoms with E-state index in [1.807, 2.05) is 0 Å². The smallest absolute Gasteiger partial charge is 0.224 e. The van der Waals surface area contributed by atoms with Crippen molar-refractivity contribution < 1.29 is 13.2 Å². The summed E-state index contributed by atoms with van der Waals surface area (Å²) >= 11 is 0. The summed E-state index contributed by atoms with van der Waals surface area (Å²) < 4.78 is 25.4.